The van der Waals surface area contributed by atoms with E-state index in [0.29, 0.717) is 24.6 Å². The van der Waals surface area contributed by atoms with Crippen LogP contribution in [-0.4, -0.2) is 28.7 Å². The molecular weight excluding hydrogens is 364 g/mol. The number of hydrogen-bond donors (Lipinski definition) is 2. The molecule has 2 aromatic rings. The van der Waals surface area contributed by atoms with Gasteiger partial charge >= 0.3 is 5.97 Å². The number of ether oxygens (including phenoxy) is 1. The Kier molecular flexibility index (Phi) is 6.78. The molecule has 0 radical (unpaired) electrons. The first-order valence-corrected chi connectivity index (χ1v) is 10.7. The molecule has 1 aromatic carbocycles. The summed E-state index contributed by atoms with van der Waals surface area (Å²) >= 11 is 0. The molecule has 1 aliphatic rings. The molecule has 1 heterocycles. The van der Waals surface area contributed by atoms with E-state index in [2.05, 4.69) is 45.1 Å². The summed E-state index contributed by atoms with van der Waals surface area (Å²) in [6.45, 7) is 10.1. The van der Waals surface area contributed by atoms with E-state index in [4.69, 9.17) is 14.8 Å². The zero-order valence-corrected chi connectivity index (χ0v) is 18.1. The van der Waals surface area contributed by atoms with Crippen LogP contribution in [0.2, 0.25) is 0 Å². The molecule has 0 saturated heterocycles. The van der Waals surface area contributed by atoms with Crippen molar-refractivity contribution in [2.75, 3.05) is 6.54 Å². The first-order valence-electron chi connectivity index (χ1n) is 10.7. The van der Waals surface area contributed by atoms with Gasteiger partial charge in [0, 0.05) is 18.5 Å². The van der Waals surface area contributed by atoms with Crippen LogP contribution in [0.3, 0.4) is 0 Å². The van der Waals surface area contributed by atoms with Crippen molar-refractivity contribution in [2.45, 2.75) is 72.4 Å². The lowest BCUT2D eigenvalue weighted by molar-refractivity contribution is -0.136. The molecule has 0 amide bonds. The Balaban J connectivity index is 1.62. The highest BCUT2D eigenvalue weighted by molar-refractivity contribution is 5.83. The molecule has 1 saturated carbocycles. The van der Waals surface area contributed by atoms with Gasteiger partial charge in [-0.1, -0.05) is 20.8 Å². The quantitative estimate of drug-likeness (QED) is 0.636. The van der Waals surface area contributed by atoms with E-state index in [-0.39, 0.29) is 6.42 Å². The number of carboxylic acid groups (broad SMARTS) is 1. The highest BCUT2D eigenvalue weighted by Gasteiger charge is 2.30. The summed E-state index contributed by atoms with van der Waals surface area (Å²) in [6, 6.07) is 8.22. The van der Waals surface area contributed by atoms with E-state index in [1.54, 1.807) is 0 Å². The molecule has 1 aliphatic carbocycles. The van der Waals surface area contributed by atoms with Crippen LogP contribution >= 0.6 is 0 Å². The molecule has 5 nitrogen and oxygen atoms in total. The SMILES string of the molecule is Cc1cc(CNCCC(=O)O)nc2ccc(OC3CCC(C(C)(C)C)CC3)cc12. The van der Waals surface area contributed by atoms with Gasteiger partial charge in [-0.25, -0.2) is 0 Å². The van der Waals surface area contributed by atoms with Crippen LogP contribution in [0, 0.1) is 18.3 Å². The maximum Gasteiger partial charge on any atom is 0.304 e. The fraction of sp³-hybridized carbons (Fsp3) is 0.583. The Morgan fingerprint density at radius 3 is 2.59 bits per heavy atom. The average molecular weight is 399 g/mol. The number of nitrogens with one attached hydrogen (secondary N) is 1. The van der Waals surface area contributed by atoms with Crippen LogP contribution in [-0.2, 0) is 11.3 Å². The van der Waals surface area contributed by atoms with Crippen LogP contribution < -0.4 is 10.1 Å². The molecule has 5 heteroatoms. The Morgan fingerprint density at radius 1 is 1.21 bits per heavy atom. The second-order valence-electron chi connectivity index (χ2n) is 9.39. The van der Waals surface area contributed by atoms with Gasteiger partial charge in [0.25, 0.3) is 0 Å². The summed E-state index contributed by atoms with van der Waals surface area (Å²) in [7, 11) is 0. The fourth-order valence-electron chi connectivity index (χ4n) is 4.26. The third kappa shape index (κ3) is 5.92. The molecule has 0 unspecified atom stereocenters. The Hall–Kier alpha value is -2.14. The summed E-state index contributed by atoms with van der Waals surface area (Å²) in [5.41, 5.74) is 3.42. The first kappa shape index (κ1) is 21.6. The molecule has 0 aliphatic heterocycles. The van der Waals surface area contributed by atoms with Crippen molar-refractivity contribution in [1.82, 2.24) is 10.3 Å². The molecule has 1 aromatic heterocycles. The third-order valence-corrected chi connectivity index (χ3v) is 6.06. The number of hydrogen-bond acceptors (Lipinski definition) is 4. The summed E-state index contributed by atoms with van der Waals surface area (Å²) in [6.07, 6.45) is 5.14. The average Bonchev–Trinajstić information content (AvgIpc) is 2.65. The number of aliphatic carboxylic acids is 1. The maximum atomic E-state index is 10.6. The van der Waals surface area contributed by atoms with Gasteiger partial charge < -0.3 is 15.2 Å². The van der Waals surface area contributed by atoms with Crippen LogP contribution in [0.15, 0.2) is 24.3 Å². The van der Waals surface area contributed by atoms with Crippen molar-refractivity contribution in [1.29, 1.82) is 0 Å². The standard InChI is InChI=1S/C24H34N2O3/c1-16-13-18(15-25-12-11-23(27)28)26-22-10-9-20(14-21(16)22)29-19-7-5-17(6-8-19)24(2,3)4/h9-10,13-14,17,19,25H,5-8,11-12,15H2,1-4H3,(H,27,28). The topological polar surface area (TPSA) is 71.5 Å². The number of aryl methyl sites for hydroxylation is 1. The van der Waals surface area contributed by atoms with E-state index < -0.39 is 5.97 Å². The lowest BCUT2D eigenvalue weighted by Crippen LogP contribution is -2.30. The Labute approximate surface area is 173 Å². The van der Waals surface area contributed by atoms with Crippen molar-refractivity contribution >= 4 is 16.9 Å². The highest BCUT2D eigenvalue weighted by atomic mass is 16.5. The van der Waals surface area contributed by atoms with E-state index >= 15 is 0 Å². The van der Waals surface area contributed by atoms with E-state index in [1.807, 2.05) is 12.1 Å². The molecule has 2 N–H and O–H groups in total. The lowest BCUT2D eigenvalue weighted by Gasteiger charge is -2.37. The van der Waals surface area contributed by atoms with Crippen LogP contribution in [0.5, 0.6) is 5.75 Å². The number of carbonyl (C=O) groups is 1. The normalized spacial score (nSPS) is 20.0. The minimum atomic E-state index is -0.792. The molecule has 0 bridgehead atoms. The zero-order valence-electron chi connectivity index (χ0n) is 18.1. The van der Waals surface area contributed by atoms with Crippen molar-refractivity contribution in [3.05, 3.63) is 35.5 Å². The van der Waals surface area contributed by atoms with Gasteiger partial charge in [-0.2, -0.15) is 0 Å². The molecule has 0 atom stereocenters. The second-order valence-corrected chi connectivity index (χ2v) is 9.39. The van der Waals surface area contributed by atoms with Crippen LogP contribution in [0.4, 0.5) is 0 Å². The van der Waals surface area contributed by atoms with Crippen LogP contribution in [0.25, 0.3) is 10.9 Å². The van der Waals surface area contributed by atoms with Gasteiger partial charge in [0.05, 0.1) is 23.7 Å². The predicted molar refractivity (Wildman–Crippen MR) is 116 cm³/mol. The van der Waals surface area contributed by atoms with Gasteiger partial charge in [-0.15, -0.1) is 0 Å². The number of benzene rings is 1. The highest BCUT2D eigenvalue weighted by Crippen LogP contribution is 2.39. The number of nitrogens with zero attached hydrogens (tertiary/aromatic N) is 1. The lowest BCUT2D eigenvalue weighted by atomic mass is 9.72. The number of rotatable bonds is 7. The van der Waals surface area contributed by atoms with Gasteiger partial charge in [0.15, 0.2) is 0 Å². The molecule has 0 spiro atoms. The van der Waals surface area contributed by atoms with Gasteiger partial charge in [-0.3, -0.25) is 9.78 Å². The number of carboxylic acids is 1. The number of pyridine rings is 1. The van der Waals surface area contributed by atoms with E-state index in [1.165, 1.54) is 12.8 Å². The fourth-order valence-corrected chi connectivity index (χ4v) is 4.26. The smallest absolute Gasteiger partial charge is 0.304 e. The number of fused-ring (bicyclic) bond motifs is 1. The summed E-state index contributed by atoms with van der Waals surface area (Å²) in [4.78, 5) is 15.3. The molecular formula is C24H34N2O3. The Bertz CT molecular complexity index is 849. The Morgan fingerprint density at radius 2 is 1.93 bits per heavy atom. The van der Waals surface area contributed by atoms with E-state index in [9.17, 15) is 4.79 Å². The summed E-state index contributed by atoms with van der Waals surface area (Å²) in [5.74, 6) is 0.918. The van der Waals surface area contributed by atoms with Crippen molar-refractivity contribution in [3.63, 3.8) is 0 Å². The van der Waals surface area contributed by atoms with Gasteiger partial charge in [0.1, 0.15) is 5.75 Å². The largest absolute Gasteiger partial charge is 0.490 e. The predicted octanol–water partition coefficient (Wildman–Crippen LogP) is 5.09. The third-order valence-electron chi connectivity index (χ3n) is 6.06. The molecule has 3 rings (SSSR count). The summed E-state index contributed by atoms with van der Waals surface area (Å²) < 4.78 is 6.32. The van der Waals surface area contributed by atoms with Crippen LogP contribution in [0.1, 0.15) is 64.1 Å². The van der Waals surface area contributed by atoms with Crippen molar-refractivity contribution in [3.8, 4) is 5.75 Å². The van der Waals surface area contributed by atoms with Gasteiger partial charge in [-0.05, 0) is 73.8 Å². The zero-order chi connectivity index (χ0) is 21.0. The van der Waals surface area contributed by atoms with Crippen molar-refractivity contribution in [2.24, 2.45) is 11.3 Å². The first-order chi connectivity index (χ1) is 13.7. The number of aromatic nitrogens is 1. The van der Waals surface area contributed by atoms with Crippen molar-refractivity contribution < 1.29 is 14.6 Å². The monoisotopic (exact) mass is 398 g/mol. The van der Waals surface area contributed by atoms with Gasteiger partial charge in [0.2, 0.25) is 0 Å². The maximum absolute atomic E-state index is 10.6. The van der Waals surface area contributed by atoms with E-state index in [0.717, 1.165) is 46.7 Å². The molecule has 29 heavy (non-hydrogen) atoms. The molecule has 158 valence electrons. The minimum Gasteiger partial charge on any atom is -0.490 e. The second kappa shape index (κ2) is 9.12. The molecule has 1 fully saturated rings. The summed E-state index contributed by atoms with van der Waals surface area (Å²) in [5, 5.41) is 13.0. The minimum absolute atomic E-state index is 0.116.